The Kier molecular flexibility index (Phi) is 3.52. The number of pyridine rings is 1. The maximum Gasteiger partial charge on any atom is 0.126 e. The van der Waals surface area contributed by atoms with Gasteiger partial charge >= 0.3 is 0 Å². The van der Waals surface area contributed by atoms with Crippen molar-refractivity contribution in [2.75, 3.05) is 23.8 Å². The van der Waals surface area contributed by atoms with Crippen molar-refractivity contribution in [2.24, 2.45) is 0 Å². The Morgan fingerprint density at radius 2 is 2.19 bits per heavy atom. The molecule has 0 aromatic carbocycles. The smallest absolute Gasteiger partial charge is 0.126 e. The first kappa shape index (κ1) is 13.5. The van der Waals surface area contributed by atoms with Gasteiger partial charge in [0.1, 0.15) is 11.6 Å². The van der Waals surface area contributed by atoms with Gasteiger partial charge in [0.15, 0.2) is 0 Å². The molecule has 108 valence electrons. The lowest BCUT2D eigenvalue weighted by atomic mass is 10.2. The van der Waals surface area contributed by atoms with Crippen LogP contribution in [0.5, 0.6) is 0 Å². The van der Waals surface area contributed by atoms with Crippen molar-refractivity contribution in [1.82, 2.24) is 9.88 Å². The highest BCUT2D eigenvalue weighted by molar-refractivity contribution is 5.64. The summed E-state index contributed by atoms with van der Waals surface area (Å²) < 4.78 is 0. The van der Waals surface area contributed by atoms with Gasteiger partial charge in [-0.05, 0) is 25.1 Å². The van der Waals surface area contributed by atoms with Crippen molar-refractivity contribution in [3.8, 4) is 0 Å². The van der Waals surface area contributed by atoms with E-state index in [2.05, 4.69) is 64.0 Å². The average molecular weight is 280 g/mol. The number of anilines is 2. The third-order valence-corrected chi connectivity index (χ3v) is 3.75. The van der Waals surface area contributed by atoms with Crippen molar-refractivity contribution in [2.45, 2.75) is 13.3 Å². The highest BCUT2D eigenvalue weighted by atomic mass is 15.4. The fourth-order valence-corrected chi connectivity index (χ4v) is 2.67. The van der Waals surface area contributed by atoms with Gasteiger partial charge in [0.2, 0.25) is 0 Å². The second-order valence-electron chi connectivity index (χ2n) is 5.07. The normalized spacial score (nSPS) is 17.3. The van der Waals surface area contributed by atoms with Gasteiger partial charge in [-0.1, -0.05) is 24.8 Å². The number of aromatic nitrogens is 1. The van der Waals surface area contributed by atoms with Crippen molar-refractivity contribution in [3.63, 3.8) is 0 Å². The zero-order valence-electron chi connectivity index (χ0n) is 12.5. The minimum atomic E-state index is 0.871. The van der Waals surface area contributed by atoms with Gasteiger partial charge in [-0.2, -0.15) is 0 Å². The number of hydrogen-bond acceptors (Lipinski definition) is 4. The molecule has 2 aliphatic rings. The molecular weight excluding hydrogens is 260 g/mol. The monoisotopic (exact) mass is 280 g/mol. The predicted molar refractivity (Wildman–Crippen MR) is 87.7 cm³/mol. The summed E-state index contributed by atoms with van der Waals surface area (Å²) in [4.78, 5) is 8.76. The molecule has 4 heteroatoms. The van der Waals surface area contributed by atoms with E-state index in [1.165, 1.54) is 11.4 Å². The Bertz CT molecular complexity index is 637. The minimum Gasteiger partial charge on any atom is -0.370 e. The number of hydrogen-bond donors (Lipinski definition) is 1. The summed E-state index contributed by atoms with van der Waals surface area (Å²) in [5.41, 5.74) is 3.48. The van der Waals surface area contributed by atoms with E-state index in [0.717, 1.165) is 30.3 Å². The van der Waals surface area contributed by atoms with Crippen LogP contribution < -0.4 is 10.2 Å². The largest absolute Gasteiger partial charge is 0.370 e. The van der Waals surface area contributed by atoms with E-state index in [1.807, 2.05) is 19.3 Å². The molecule has 4 nitrogen and oxygen atoms in total. The lowest BCUT2D eigenvalue weighted by molar-refractivity contribution is 0.557. The maximum absolute atomic E-state index is 4.46. The first-order valence-corrected chi connectivity index (χ1v) is 7.21. The summed E-state index contributed by atoms with van der Waals surface area (Å²) >= 11 is 0. The second kappa shape index (κ2) is 5.48. The summed E-state index contributed by atoms with van der Waals surface area (Å²) in [6.45, 7) is 7.15. The van der Waals surface area contributed by atoms with Crippen LogP contribution in [0.4, 0.5) is 11.5 Å². The third kappa shape index (κ3) is 2.33. The van der Waals surface area contributed by atoms with Gasteiger partial charge in [-0.3, -0.25) is 4.90 Å². The number of rotatable bonds is 3. The Hall–Kier alpha value is -2.49. The summed E-state index contributed by atoms with van der Waals surface area (Å²) in [5.74, 6) is 1.85. The van der Waals surface area contributed by atoms with Gasteiger partial charge in [0, 0.05) is 20.0 Å². The molecule has 1 aliphatic heterocycles. The standard InChI is InChI=1S/C17H20N4/c1-4-18-17-11-10-14(12-19-17)21-13(2)20(3)15-8-6-5-7-9-16(15)21/h5-8,10-12H,2,4,9H2,1,3H3,(H,18,19). The zero-order chi connectivity index (χ0) is 14.8. The number of nitrogens with one attached hydrogen (secondary N) is 1. The Morgan fingerprint density at radius 3 is 2.90 bits per heavy atom. The molecule has 1 aromatic heterocycles. The molecule has 0 fully saturated rings. The van der Waals surface area contributed by atoms with Crippen LogP contribution in [0, 0.1) is 0 Å². The van der Waals surface area contributed by atoms with E-state index >= 15 is 0 Å². The van der Waals surface area contributed by atoms with E-state index in [1.54, 1.807) is 0 Å². The van der Waals surface area contributed by atoms with E-state index in [4.69, 9.17) is 0 Å². The molecule has 2 heterocycles. The number of likely N-dealkylation sites (N-methyl/N-ethyl adjacent to an activating group) is 1. The number of allylic oxidation sites excluding steroid dienone is 4. The molecule has 0 bridgehead atoms. The highest BCUT2D eigenvalue weighted by Gasteiger charge is 2.30. The SMILES string of the molecule is C=C1N(C)C2=C(CC=CC=C2)N1c1ccc(NCC)nc1. The van der Waals surface area contributed by atoms with Gasteiger partial charge in [0.25, 0.3) is 0 Å². The first-order chi connectivity index (χ1) is 10.2. The van der Waals surface area contributed by atoms with Crippen LogP contribution >= 0.6 is 0 Å². The van der Waals surface area contributed by atoms with Crippen LogP contribution in [-0.2, 0) is 0 Å². The molecule has 1 N–H and O–H groups in total. The minimum absolute atomic E-state index is 0.871. The van der Waals surface area contributed by atoms with Crippen LogP contribution in [0.15, 0.2) is 66.4 Å². The Morgan fingerprint density at radius 1 is 1.33 bits per heavy atom. The molecule has 3 rings (SSSR count). The highest BCUT2D eigenvalue weighted by Crippen LogP contribution is 2.37. The molecule has 1 aliphatic carbocycles. The second-order valence-corrected chi connectivity index (χ2v) is 5.07. The average Bonchev–Trinajstić information content (AvgIpc) is 2.67. The molecular formula is C17H20N4. The Balaban J connectivity index is 1.97. The molecule has 21 heavy (non-hydrogen) atoms. The van der Waals surface area contributed by atoms with Crippen LogP contribution in [0.25, 0.3) is 0 Å². The lowest BCUT2D eigenvalue weighted by Crippen LogP contribution is -2.21. The van der Waals surface area contributed by atoms with Crippen molar-refractivity contribution in [1.29, 1.82) is 0 Å². The maximum atomic E-state index is 4.46. The number of nitrogens with zero attached hydrogens (tertiary/aromatic N) is 3. The van der Waals surface area contributed by atoms with Crippen molar-refractivity contribution in [3.05, 3.63) is 66.4 Å². The summed E-state index contributed by atoms with van der Waals surface area (Å²) in [5, 5.41) is 3.21. The van der Waals surface area contributed by atoms with Crippen LogP contribution in [0.2, 0.25) is 0 Å². The quantitative estimate of drug-likeness (QED) is 0.918. The van der Waals surface area contributed by atoms with Crippen molar-refractivity contribution < 1.29 is 0 Å². The summed E-state index contributed by atoms with van der Waals surface area (Å²) in [6, 6.07) is 4.09. The Labute approximate surface area is 125 Å². The van der Waals surface area contributed by atoms with E-state index in [0.29, 0.717) is 0 Å². The molecule has 1 aromatic rings. The van der Waals surface area contributed by atoms with Gasteiger partial charge in [-0.25, -0.2) is 4.98 Å². The van der Waals surface area contributed by atoms with Crippen molar-refractivity contribution >= 4 is 11.5 Å². The molecule has 0 amide bonds. The van der Waals surface area contributed by atoms with Gasteiger partial charge < -0.3 is 10.2 Å². The molecule has 0 spiro atoms. The predicted octanol–water partition coefficient (Wildman–Crippen LogP) is 3.46. The van der Waals surface area contributed by atoms with E-state index < -0.39 is 0 Å². The molecule has 0 saturated carbocycles. The summed E-state index contributed by atoms with van der Waals surface area (Å²) in [7, 11) is 2.05. The zero-order valence-corrected chi connectivity index (χ0v) is 12.5. The van der Waals surface area contributed by atoms with Crippen LogP contribution in [0.3, 0.4) is 0 Å². The van der Waals surface area contributed by atoms with Gasteiger partial charge in [-0.15, -0.1) is 0 Å². The fraction of sp³-hybridized carbons (Fsp3) is 0.235. The van der Waals surface area contributed by atoms with E-state index in [-0.39, 0.29) is 0 Å². The lowest BCUT2D eigenvalue weighted by Gasteiger charge is -2.24. The molecule has 0 radical (unpaired) electrons. The van der Waals surface area contributed by atoms with Gasteiger partial charge in [0.05, 0.1) is 23.3 Å². The fourth-order valence-electron chi connectivity index (χ4n) is 2.67. The van der Waals surface area contributed by atoms with E-state index in [9.17, 15) is 0 Å². The molecule has 0 saturated heterocycles. The van der Waals surface area contributed by atoms with Crippen LogP contribution in [0.1, 0.15) is 13.3 Å². The summed E-state index contributed by atoms with van der Waals surface area (Å²) in [6.07, 6.45) is 11.2. The molecule has 0 unspecified atom stereocenters. The molecule has 0 atom stereocenters. The first-order valence-electron chi connectivity index (χ1n) is 7.21. The van der Waals surface area contributed by atoms with Crippen LogP contribution in [-0.4, -0.2) is 23.5 Å². The third-order valence-electron chi connectivity index (χ3n) is 3.75. The topological polar surface area (TPSA) is 31.4 Å².